The average molecular weight is 542 g/mol. The van der Waals surface area contributed by atoms with Gasteiger partial charge in [0.1, 0.15) is 54.0 Å². The van der Waals surface area contributed by atoms with Gasteiger partial charge in [-0.1, -0.05) is 0 Å². The minimum atomic E-state index is -1.56. The summed E-state index contributed by atoms with van der Waals surface area (Å²) in [5.74, 6) is -0.872. The van der Waals surface area contributed by atoms with Gasteiger partial charge in [-0.15, -0.1) is 0 Å². The second kappa shape index (κ2) is 10.6. The average Bonchev–Trinajstić information content (AvgIpc) is 3.26. The van der Waals surface area contributed by atoms with Crippen LogP contribution < -0.4 is 10.2 Å². The summed E-state index contributed by atoms with van der Waals surface area (Å²) in [7, 11) is 0. The van der Waals surface area contributed by atoms with Crippen LogP contribution in [0.15, 0.2) is 53.9 Å². The van der Waals surface area contributed by atoms with Crippen LogP contribution in [-0.2, 0) is 4.74 Å². The first kappa shape index (κ1) is 26.5. The highest BCUT2D eigenvalue weighted by molar-refractivity contribution is 5.80. The predicted molar refractivity (Wildman–Crippen MR) is 131 cm³/mol. The Kier molecular flexibility index (Phi) is 7.20. The van der Waals surface area contributed by atoms with E-state index >= 15 is 0 Å². The highest BCUT2D eigenvalue weighted by atomic mass is 19.1. The van der Waals surface area contributed by atoms with Crippen molar-refractivity contribution in [1.82, 2.24) is 19.2 Å². The van der Waals surface area contributed by atoms with Crippen molar-refractivity contribution in [3.05, 3.63) is 77.3 Å². The van der Waals surface area contributed by atoms with E-state index in [2.05, 4.69) is 15.1 Å². The molecule has 2 aromatic carbocycles. The van der Waals surface area contributed by atoms with E-state index in [1.54, 1.807) is 31.2 Å². The number of fused-ring (bicyclic) bond motifs is 1. The lowest BCUT2D eigenvalue weighted by Gasteiger charge is -2.39. The molecule has 1 aliphatic rings. The maximum absolute atomic E-state index is 14.4. The molecule has 1 fully saturated rings. The van der Waals surface area contributed by atoms with E-state index in [-0.39, 0.29) is 28.1 Å². The molecule has 12 nitrogen and oxygen atoms in total. The fourth-order valence-corrected chi connectivity index (χ4v) is 4.17. The van der Waals surface area contributed by atoms with Crippen molar-refractivity contribution in [1.29, 1.82) is 5.41 Å². The molecule has 0 spiro atoms. The van der Waals surface area contributed by atoms with Crippen LogP contribution in [0.25, 0.3) is 16.9 Å². The molecule has 39 heavy (non-hydrogen) atoms. The number of nitrogens with one attached hydrogen (secondary N) is 1. The number of benzene rings is 2. The van der Waals surface area contributed by atoms with Crippen molar-refractivity contribution < 1.29 is 38.7 Å². The molecule has 5 N–H and O–H groups in total. The van der Waals surface area contributed by atoms with Crippen LogP contribution in [0.2, 0.25) is 0 Å². The molecule has 5 rings (SSSR count). The van der Waals surface area contributed by atoms with Gasteiger partial charge in [-0.3, -0.25) is 9.98 Å². The molecule has 0 amide bonds. The number of aromatic nitrogens is 4. The Bertz CT molecular complexity index is 1590. The highest BCUT2D eigenvalue weighted by Crippen LogP contribution is 2.25. The minimum Gasteiger partial charge on any atom is -0.462 e. The van der Waals surface area contributed by atoms with Gasteiger partial charge < -0.3 is 29.9 Å². The second-order valence-electron chi connectivity index (χ2n) is 8.83. The van der Waals surface area contributed by atoms with Crippen LogP contribution in [-0.4, -0.2) is 83.2 Å². The van der Waals surface area contributed by atoms with Gasteiger partial charge in [0.25, 0.3) is 0 Å². The molecule has 4 aromatic rings. The number of hydrogen-bond acceptors (Lipinski definition) is 10. The van der Waals surface area contributed by atoms with Crippen molar-refractivity contribution in [2.24, 2.45) is 5.10 Å². The quantitative estimate of drug-likeness (QED) is 0.217. The van der Waals surface area contributed by atoms with E-state index in [1.165, 1.54) is 27.9 Å². The van der Waals surface area contributed by atoms with Crippen LogP contribution in [0.1, 0.15) is 11.4 Å². The number of halogens is 2. The Hall–Kier alpha value is -4.08. The minimum absolute atomic E-state index is 0.0515. The number of ether oxygens (including phenoxy) is 2. The van der Waals surface area contributed by atoms with Gasteiger partial charge in [0.2, 0.25) is 6.29 Å². The molecule has 0 radical (unpaired) electrons. The van der Waals surface area contributed by atoms with Crippen LogP contribution in [0.3, 0.4) is 0 Å². The SMILES string of the molecule is Cc1nc2c(=N)n(N=Cc3ccc(OC4OC(CO)C(O)C(O)C4O)cc3)cnc2n1-c1ccc(F)cc1F. The topological polar surface area (TPSA) is 171 Å². The summed E-state index contributed by atoms with van der Waals surface area (Å²) >= 11 is 0. The second-order valence-corrected chi connectivity index (χ2v) is 8.83. The summed E-state index contributed by atoms with van der Waals surface area (Å²) in [6, 6.07) is 9.53. The molecule has 14 heteroatoms. The van der Waals surface area contributed by atoms with Gasteiger partial charge in [0.15, 0.2) is 16.7 Å². The summed E-state index contributed by atoms with van der Waals surface area (Å²) in [6.07, 6.45) is -4.26. The highest BCUT2D eigenvalue weighted by Gasteiger charge is 2.44. The number of nitrogens with zero attached hydrogens (tertiary/aromatic N) is 5. The van der Waals surface area contributed by atoms with Crippen molar-refractivity contribution >= 4 is 17.4 Å². The van der Waals surface area contributed by atoms with E-state index in [9.17, 15) is 29.2 Å². The number of aryl methyl sites for hydroxylation is 1. The smallest absolute Gasteiger partial charge is 0.229 e. The third-order valence-corrected chi connectivity index (χ3v) is 6.23. The summed E-state index contributed by atoms with van der Waals surface area (Å²) < 4.78 is 41.2. The normalized spacial score (nSPS) is 23.5. The van der Waals surface area contributed by atoms with Gasteiger partial charge in [-0.2, -0.15) is 5.10 Å². The zero-order valence-corrected chi connectivity index (χ0v) is 20.4. The number of rotatable bonds is 6. The predicted octanol–water partition coefficient (Wildman–Crippen LogP) is 0.349. The van der Waals surface area contributed by atoms with E-state index in [0.29, 0.717) is 11.4 Å². The molecular formula is C25H24F2N6O6. The van der Waals surface area contributed by atoms with Crippen molar-refractivity contribution in [3.8, 4) is 11.4 Å². The monoisotopic (exact) mass is 542 g/mol. The van der Waals surface area contributed by atoms with Gasteiger partial charge >= 0.3 is 0 Å². The Morgan fingerprint density at radius 3 is 2.54 bits per heavy atom. The Balaban J connectivity index is 1.34. The summed E-state index contributed by atoms with van der Waals surface area (Å²) in [4.78, 5) is 8.60. The summed E-state index contributed by atoms with van der Waals surface area (Å²) in [6.45, 7) is 1.05. The van der Waals surface area contributed by atoms with Crippen LogP contribution in [0.5, 0.6) is 5.75 Å². The number of aliphatic hydroxyl groups is 4. The zero-order chi connectivity index (χ0) is 27.8. The van der Waals surface area contributed by atoms with Gasteiger partial charge in [0.05, 0.1) is 18.5 Å². The maximum Gasteiger partial charge on any atom is 0.229 e. The molecule has 1 saturated heterocycles. The third kappa shape index (κ3) is 5.03. The van der Waals surface area contributed by atoms with Crippen LogP contribution >= 0.6 is 0 Å². The first-order valence-corrected chi connectivity index (χ1v) is 11.8. The molecular weight excluding hydrogens is 518 g/mol. The summed E-state index contributed by atoms with van der Waals surface area (Å²) in [5.41, 5.74) is 0.931. The van der Waals surface area contributed by atoms with Crippen molar-refractivity contribution in [3.63, 3.8) is 0 Å². The van der Waals surface area contributed by atoms with E-state index in [4.69, 9.17) is 14.9 Å². The number of imidazole rings is 1. The molecule has 5 unspecified atom stereocenters. The largest absolute Gasteiger partial charge is 0.462 e. The molecule has 3 heterocycles. The Morgan fingerprint density at radius 1 is 1.10 bits per heavy atom. The molecule has 2 aromatic heterocycles. The molecule has 1 aliphatic heterocycles. The van der Waals surface area contributed by atoms with E-state index < -0.39 is 48.9 Å². The van der Waals surface area contributed by atoms with Gasteiger partial charge in [0, 0.05) is 6.07 Å². The summed E-state index contributed by atoms with van der Waals surface area (Å²) in [5, 5.41) is 51.9. The van der Waals surface area contributed by atoms with E-state index in [0.717, 1.165) is 12.1 Å². The lowest BCUT2D eigenvalue weighted by Crippen LogP contribution is -2.60. The fourth-order valence-electron chi connectivity index (χ4n) is 4.17. The van der Waals surface area contributed by atoms with Gasteiger partial charge in [-0.25, -0.2) is 23.4 Å². The zero-order valence-electron chi connectivity index (χ0n) is 20.4. The first-order valence-electron chi connectivity index (χ1n) is 11.8. The van der Waals surface area contributed by atoms with Gasteiger partial charge in [-0.05, 0) is 48.9 Å². The lowest BCUT2D eigenvalue weighted by molar-refractivity contribution is -0.277. The lowest BCUT2D eigenvalue weighted by atomic mass is 9.99. The number of aliphatic hydroxyl groups excluding tert-OH is 4. The fraction of sp³-hybridized carbons (Fsp3) is 0.280. The molecule has 204 valence electrons. The Morgan fingerprint density at radius 2 is 1.85 bits per heavy atom. The van der Waals surface area contributed by atoms with E-state index in [1.807, 2.05) is 0 Å². The Labute approximate surface area is 219 Å². The molecule has 0 aliphatic carbocycles. The maximum atomic E-state index is 14.4. The standard InChI is InChI=1S/C25H24F2N6O6/c1-12-31-19-23(28)32(11-29-24(19)33(12)17-7-4-14(26)8-16(17)27)30-9-13-2-5-15(6-3-13)38-25-22(37)21(36)20(35)18(10-34)39-25/h2-9,11,18,20-22,25,28,34-37H,10H2,1H3. The molecule has 0 saturated carbocycles. The third-order valence-electron chi connectivity index (χ3n) is 6.23. The molecule has 0 bridgehead atoms. The van der Waals surface area contributed by atoms with Crippen molar-refractivity contribution in [2.75, 3.05) is 6.61 Å². The first-order chi connectivity index (χ1) is 18.7. The van der Waals surface area contributed by atoms with Crippen molar-refractivity contribution in [2.45, 2.75) is 37.6 Å². The number of hydrogen-bond donors (Lipinski definition) is 5. The van der Waals surface area contributed by atoms with Crippen LogP contribution in [0, 0.1) is 24.0 Å². The van der Waals surface area contributed by atoms with Crippen LogP contribution in [0.4, 0.5) is 8.78 Å². The molecule has 5 atom stereocenters.